The van der Waals surface area contributed by atoms with Gasteiger partial charge in [0, 0.05) is 12.8 Å². The summed E-state index contributed by atoms with van der Waals surface area (Å²) in [5, 5.41) is 23.4. The van der Waals surface area contributed by atoms with E-state index < -0.39 is 12.1 Å². The maximum atomic E-state index is 12.5. The first-order chi connectivity index (χ1) is 36.5. The zero-order valence-corrected chi connectivity index (χ0v) is 50.6. The summed E-state index contributed by atoms with van der Waals surface area (Å²) in [5.41, 5.74) is 0. The third kappa shape index (κ3) is 60.1. The quantitative estimate of drug-likeness (QED) is 0.0417. The van der Waals surface area contributed by atoms with Crippen molar-refractivity contribution < 1.29 is 24.5 Å². The molecule has 0 spiro atoms. The molecule has 6 heteroatoms. The molecule has 0 heterocycles. The van der Waals surface area contributed by atoms with E-state index in [1.54, 1.807) is 0 Å². The Balaban J connectivity index is 3.37. The molecule has 6 nitrogen and oxygen atoms in total. The third-order valence-electron chi connectivity index (χ3n) is 16.4. The monoisotopic (exact) mass is 1050 g/mol. The van der Waals surface area contributed by atoms with E-state index in [0.717, 1.165) is 38.5 Å². The lowest BCUT2D eigenvalue weighted by molar-refractivity contribution is -0.143. The fourth-order valence-corrected chi connectivity index (χ4v) is 11.2. The van der Waals surface area contributed by atoms with Gasteiger partial charge in [0.2, 0.25) is 5.91 Å². The van der Waals surface area contributed by atoms with Gasteiger partial charge in [-0.15, -0.1) is 0 Å². The molecule has 2 atom stereocenters. The van der Waals surface area contributed by atoms with Gasteiger partial charge in [-0.05, 0) is 25.7 Å². The number of nitrogens with one attached hydrogen (secondary N) is 1. The van der Waals surface area contributed by atoms with Crippen LogP contribution in [0.5, 0.6) is 0 Å². The van der Waals surface area contributed by atoms with E-state index in [4.69, 9.17) is 4.74 Å². The van der Waals surface area contributed by atoms with Crippen molar-refractivity contribution in [2.24, 2.45) is 0 Å². The molecule has 0 saturated carbocycles. The van der Waals surface area contributed by atoms with Crippen molar-refractivity contribution in [2.75, 3.05) is 13.2 Å². The van der Waals surface area contributed by atoms with Crippen LogP contribution >= 0.6 is 0 Å². The van der Waals surface area contributed by atoms with Crippen molar-refractivity contribution in [3.63, 3.8) is 0 Å². The molecule has 0 rings (SSSR count). The van der Waals surface area contributed by atoms with Crippen molar-refractivity contribution in [1.29, 1.82) is 0 Å². The van der Waals surface area contributed by atoms with Gasteiger partial charge in [0.25, 0.3) is 0 Å². The molecular weight excluding hydrogens is 911 g/mol. The fourth-order valence-electron chi connectivity index (χ4n) is 11.2. The summed E-state index contributed by atoms with van der Waals surface area (Å²) in [7, 11) is 0. The largest absolute Gasteiger partial charge is 0.466 e. The second kappa shape index (κ2) is 64.4. The van der Waals surface area contributed by atoms with E-state index in [1.807, 2.05) is 0 Å². The van der Waals surface area contributed by atoms with E-state index in [0.29, 0.717) is 25.9 Å². The molecule has 0 aromatic carbocycles. The summed E-state index contributed by atoms with van der Waals surface area (Å²) in [6.07, 6.45) is 77.0. The Morgan fingerprint density at radius 2 is 0.554 bits per heavy atom. The maximum Gasteiger partial charge on any atom is 0.305 e. The van der Waals surface area contributed by atoms with E-state index in [-0.39, 0.29) is 18.5 Å². The molecule has 3 N–H and O–H groups in total. The average Bonchev–Trinajstić information content (AvgIpc) is 3.40. The second-order valence-corrected chi connectivity index (χ2v) is 23.9. The molecule has 0 bridgehead atoms. The number of hydrogen-bond donors (Lipinski definition) is 3. The van der Waals surface area contributed by atoms with Gasteiger partial charge in [-0.25, -0.2) is 0 Å². The smallest absolute Gasteiger partial charge is 0.305 e. The number of carbonyl (C=O) groups excluding carboxylic acids is 2. The van der Waals surface area contributed by atoms with Gasteiger partial charge >= 0.3 is 5.97 Å². The Kier molecular flexibility index (Phi) is 63.4. The van der Waals surface area contributed by atoms with E-state index in [1.165, 1.54) is 327 Å². The summed E-state index contributed by atoms with van der Waals surface area (Å²) in [6.45, 7) is 5.00. The van der Waals surface area contributed by atoms with Gasteiger partial charge in [-0.2, -0.15) is 0 Å². The van der Waals surface area contributed by atoms with Crippen LogP contribution in [0.2, 0.25) is 0 Å². The van der Waals surface area contributed by atoms with E-state index in [2.05, 4.69) is 19.2 Å². The summed E-state index contributed by atoms with van der Waals surface area (Å²) in [6, 6.07) is -0.543. The minimum Gasteiger partial charge on any atom is -0.466 e. The number of amides is 1. The van der Waals surface area contributed by atoms with E-state index in [9.17, 15) is 19.8 Å². The molecular formula is C68H135NO5. The number of rotatable bonds is 65. The molecule has 0 aliphatic carbocycles. The maximum absolute atomic E-state index is 12.5. The number of esters is 1. The summed E-state index contributed by atoms with van der Waals surface area (Å²) in [4.78, 5) is 24.6. The number of unbranched alkanes of at least 4 members (excludes halogenated alkanes) is 54. The zero-order valence-electron chi connectivity index (χ0n) is 50.6. The molecule has 0 radical (unpaired) electrons. The summed E-state index contributed by atoms with van der Waals surface area (Å²) >= 11 is 0. The Labute approximate surface area is 464 Å². The fraction of sp³-hybridized carbons (Fsp3) is 0.971. The van der Waals surface area contributed by atoms with Gasteiger partial charge < -0.3 is 20.3 Å². The van der Waals surface area contributed by atoms with Gasteiger partial charge in [0.05, 0.1) is 25.4 Å². The lowest BCUT2D eigenvalue weighted by Gasteiger charge is -2.22. The molecule has 0 fully saturated rings. The Morgan fingerprint density at radius 1 is 0.324 bits per heavy atom. The molecule has 0 aliphatic heterocycles. The lowest BCUT2D eigenvalue weighted by atomic mass is 10.0. The van der Waals surface area contributed by atoms with Gasteiger partial charge in [0.15, 0.2) is 0 Å². The lowest BCUT2D eigenvalue weighted by Crippen LogP contribution is -2.45. The van der Waals surface area contributed by atoms with Crippen molar-refractivity contribution in [3.05, 3.63) is 0 Å². The first kappa shape index (κ1) is 72.9. The Morgan fingerprint density at radius 3 is 0.824 bits per heavy atom. The molecule has 0 aliphatic rings. The number of aliphatic hydroxyl groups is 2. The predicted octanol–water partition coefficient (Wildman–Crippen LogP) is 21.8. The average molecular weight is 1050 g/mol. The highest BCUT2D eigenvalue weighted by Gasteiger charge is 2.20. The molecule has 0 aromatic heterocycles. The third-order valence-corrected chi connectivity index (χ3v) is 16.4. The number of ether oxygens (including phenoxy) is 1. The number of aliphatic hydroxyl groups excluding tert-OH is 2. The standard InChI is InChI=1S/C68H135NO5/c1-3-5-7-9-11-13-15-17-19-21-23-25-28-32-36-40-44-48-52-56-60-66(71)65(64-70)69-67(72)61-57-53-49-45-41-37-33-29-26-24-27-31-35-39-43-47-51-55-59-63-74-68(73)62-58-54-50-46-42-38-34-30-22-20-18-16-14-12-10-8-6-4-2/h65-66,70-71H,3-64H2,1-2H3,(H,69,72). The predicted molar refractivity (Wildman–Crippen MR) is 324 cm³/mol. The first-order valence-electron chi connectivity index (χ1n) is 34.3. The van der Waals surface area contributed by atoms with Crippen LogP contribution in [0.3, 0.4) is 0 Å². The van der Waals surface area contributed by atoms with Crippen LogP contribution in [0.1, 0.15) is 399 Å². The number of hydrogen-bond acceptors (Lipinski definition) is 5. The van der Waals surface area contributed by atoms with Gasteiger partial charge in [0.1, 0.15) is 0 Å². The number of carbonyl (C=O) groups is 2. The van der Waals surface area contributed by atoms with Crippen LogP contribution < -0.4 is 5.32 Å². The molecule has 74 heavy (non-hydrogen) atoms. The minimum atomic E-state index is -0.666. The van der Waals surface area contributed by atoms with Crippen LogP contribution in [0.15, 0.2) is 0 Å². The van der Waals surface area contributed by atoms with Crippen LogP contribution in [0, 0.1) is 0 Å². The highest BCUT2D eigenvalue weighted by molar-refractivity contribution is 5.76. The SMILES string of the molecule is CCCCCCCCCCCCCCCCCCCCCCC(O)C(CO)NC(=O)CCCCCCCCCCCCCCCCCCCCCOC(=O)CCCCCCCCCCCCCCCCCCCC. The van der Waals surface area contributed by atoms with E-state index >= 15 is 0 Å². The minimum absolute atomic E-state index is 0.0151. The molecule has 0 saturated heterocycles. The molecule has 442 valence electrons. The van der Waals surface area contributed by atoms with Crippen LogP contribution in [-0.4, -0.2) is 47.4 Å². The highest BCUT2D eigenvalue weighted by atomic mass is 16.5. The second-order valence-electron chi connectivity index (χ2n) is 23.9. The molecule has 0 aromatic rings. The topological polar surface area (TPSA) is 95.9 Å². The van der Waals surface area contributed by atoms with Crippen LogP contribution in [0.4, 0.5) is 0 Å². The highest BCUT2D eigenvalue weighted by Crippen LogP contribution is 2.19. The van der Waals surface area contributed by atoms with Crippen LogP contribution in [-0.2, 0) is 14.3 Å². The summed E-state index contributed by atoms with van der Waals surface area (Å²) in [5.74, 6) is -0.0176. The Bertz CT molecular complexity index is 1070. The van der Waals surface area contributed by atoms with Crippen molar-refractivity contribution in [1.82, 2.24) is 5.32 Å². The molecule has 2 unspecified atom stereocenters. The van der Waals surface area contributed by atoms with Crippen molar-refractivity contribution in [3.8, 4) is 0 Å². The van der Waals surface area contributed by atoms with Crippen LogP contribution in [0.25, 0.3) is 0 Å². The normalized spacial score (nSPS) is 12.4. The van der Waals surface area contributed by atoms with Gasteiger partial charge in [-0.1, -0.05) is 361 Å². The van der Waals surface area contributed by atoms with Crippen molar-refractivity contribution >= 4 is 11.9 Å². The zero-order chi connectivity index (χ0) is 53.6. The summed E-state index contributed by atoms with van der Waals surface area (Å²) < 4.78 is 5.51. The molecule has 1 amide bonds. The first-order valence-corrected chi connectivity index (χ1v) is 34.3. The van der Waals surface area contributed by atoms with Gasteiger partial charge in [-0.3, -0.25) is 9.59 Å². The Hall–Kier alpha value is -1.14. The van der Waals surface area contributed by atoms with Crippen molar-refractivity contribution in [2.45, 2.75) is 411 Å².